The van der Waals surface area contributed by atoms with Gasteiger partial charge in [0.2, 0.25) is 0 Å². The van der Waals surface area contributed by atoms with E-state index in [0.29, 0.717) is 0 Å². The Kier molecular flexibility index (Phi) is 4.53. The number of thiazole rings is 1. The average Bonchev–Trinajstić information content (AvgIpc) is 2.84. The summed E-state index contributed by atoms with van der Waals surface area (Å²) in [7, 11) is 1.68. The molecule has 0 spiro atoms. The number of benzene rings is 1. The standard InChI is InChI=1S/C12H13BrN2OS/c1-16-10-2-3-12(13)9(4-10)5-14-6-11-7-15-8-17-11/h2-4,7-8,14H,5-6H2,1H3. The Hall–Kier alpha value is -0.910. The minimum Gasteiger partial charge on any atom is -0.497 e. The third-order valence-electron chi connectivity index (χ3n) is 2.35. The molecule has 0 aliphatic rings. The van der Waals surface area contributed by atoms with Crippen LogP contribution in [0.5, 0.6) is 5.75 Å². The largest absolute Gasteiger partial charge is 0.497 e. The number of rotatable bonds is 5. The van der Waals surface area contributed by atoms with E-state index in [-0.39, 0.29) is 0 Å². The molecule has 2 aromatic rings. The molecule has 0 fully saturated rings. The molecule has 0 amide bonds. The third-order valence-corrected chi connectivity index (χ3v) is 3.90. The van der Waals surface area contributed by atoms with Crippen LogP contribution in [0.1, 0.15) is 10.4 Å². The number of hydrogen-bond acceptors (Lipinski definition) is 4. The molecule has 90 valence electrons. The fourth-order valence-electron chi connectivity index (χ4n) is 1.46. The quantitative estimate of drug-likeness (QED) is 0.920. The highest BCUT2D eigenvalue weighted by atomic mass is 79.9. The molecule has 0 aliphatic carbocycles. The molecule has 2 rings (SSSR count). The Labute approximate surface area is 113 Å². The van der Waals surface area contributed by atoms with Crippen molar-refractivity contribution in [3.05, 3.63) is 44.8 Å². The molecule has 0 bridgehead atoms. The van der Waals surface area contributed by atoms with E-state index in [9.17, 15) is 0 Å². The van der Waals surface area contributed by atoms with Gasteiger partial charge in [0, 0.05) is 28.6 Å². The van der Waals surface area contributed by atoms with E-state index in [1.165, 1.54) is 10.4 Å². The van der Waals surface area contributed by atoms with Crippen LogP contribution in [0.3, 0.4) is 0 Å². The van der Waals surface area contributed by atoms with Crippen LogP contribution >= 0.6 is 27.3 Å². The van der Waals surface area contributed by atoms with E-state index in [0.717, 1.165) is 23.3 Å². The van der Waals surface area contributed by atoms with E-state index in [1.54, 1.807) is 18.4 Å². The highest BCUT2D eigenvalue weighted by Gasteiger charge is 2.02. The van der Waals surface area contributed by atoms with Gasteiger partial charge in [0.1, 0.15) is 5.75 Å². The van der Waals surface area contributed by atoms with Gasteiger partial charge in [-0.2, -0.15) is 0 Å². The normalized spacial score (nSPS) is 10.5. The summed E-state index contributed by atoms with van der Waals surface area (Å²) in [6.07, 6.45) is 1.89. The van der Waals surface area contributed by atoms with Crippen molar-refractivity contribution in [1.29, 1.82) is 0 Å². The van der Waals surface area contributed by atoms with Crippen molar-refractivity contribution in [3.63, 3.8) is 0 Å². The van der Waals surface area contributed by atoms with Crippen LogP contribution in [-0.2, 0) is 13.1 Å². The van der Waals surface area contributed by atoms with E-state index in [4.69, 9.17) is 4.74 Å². The lowest BCUT2D eigenvalue weighted by Gasteiger charge is -2.08. The lowest BCUT2D eigenvalue weighted by atomic mass is 10.2. The van der Waals surface area contributed by atoms with Crippen LogP contribution in [-0.4, -0.2) is 12.1 Å². The predicted octanol–water partition coefficient (Wildman–Crippen LogP) is 3.20. The van der Waals surface area contributed by atoms with Gasteiger partial charge >= 0.3 is 0 Å². The molecule has 17 heavy (non-hydrogen) atoms. The van der Waals surface area contributed by atoms with Crippen LogP contribution in [0.2, 0.25) is 0 Å². The summed E-state index contributed by atoms with van der Waals surface area (Å²) in [6, 6.07) is 5.98. The molecule has 1 aromatic carbocycles. The molecular weight excluding hydrogens is 300 g/mol. The minimum absolute atomic E-state index is 0.801. The maximum absolute atomic E-state index is 5.21. The van der Waals surface area contributed by atoms with E-state index in [2.05, 4.69) is 26.2 Å². The molecular formula is C12H13BrN2OS. The molecule has 1 N–H and O–H groups in total. The number of halogens is 1. The van der Waals surface area contributed by atoms with Gasteiger partial charge in [-0.05, 0) is 23.8 Å². The van der Waals surface area contributed by atoms with Crippen molar-refractivity contribution in [2.75, 3.05) is 7.11 Å². The Morgan fingerprint density at radius 1 is 1.41 bits per heavy atom. The Bertz CT molecular complexity index is 473. The van der Waals surface area contributed by atoms with Gasteiger partial charge in [-0.15, -0.1) is 11.3 Å². The van der Waals surface area contributed by atoms with Gasteiger partial charge in [0.25, 0.3) is 0 Å². The summed E-state index contributed by atoms with van der Waals surface area (Å²) in [5.41, 5.74) is 3.03. The lowest BCUT2D eigenvalue weighted by Crippen LogP contribution is -2.12. The molecule has 0 radical (unpaired) electrons. The molecule has 0 atom stereocenters. The zero-order valence-electron chi connectivity index (χ0n) is 9.44. The maximum Gasteiger partial charge on any atom is 0.119 e. The fourth-order valence-corrected chi connectivity index (χ4v) is 2.41. The number of methoxy groups -OCH3 is 1. The molecule has 0 unspecified atom stereocenters. The zero-order chi connectivity index (χ0) is 12.1. The second-order valence-electron chi connectivity index (χ2n) is 3.53. The SMILES string of the molecule is COc1ccc(Br)c(CNCc2cncs2)c1. The van der Waals surface area contributed by atoms with Crippen molar-refractivity contribution in [1.82, 2.24) is 10.3 Å². The third kappa shape index (κ3) is 3.52. The van der Waals surface area contributed by atoms with Gasteiger partial charge in [-0.3, -0.25) is 4.98 Å². The number of nitrogens with zero attached hydrogens (tertiary/aromatic N) is 1. The summed E-state index contributed by atoms with van der Waals surface area (Å²) in [4.78, 5) is 5.28. The van der Waals surface area contributed by atoms with Gasteiger partial charge in [-0.25, -0.2) is 0 Å². The first-order chi connectivity index (χ1) is 8.29. The first-order valence-electron chi connectivity index (χ1n) is 5.20. The Morgan fingerprint density at radius 3 is 3.00 bits per heavy atom. The Balaban J connectivity index is 1.94. The monoisotopic (exact) mass is 312 g/mol. The highest BCUT2D eigenvalue weighted by molar-refractivity contribution is 9.10. The molecule has 1 heterocycles. The van der Waals surface area contributed by atoms with Crippen molar-refractivity contribution in [2.45, 2.75) is 13.1 Å². The first-order valence-corrected chi connectivity index (χ1v) is 6.87. The van der Waals surface area contributed by atoms with Crippen LogP contribution in [0.25, 0.3) is 0 Å². The summed E-state index contributed by atoms with van der Waals surface area (Å²) in [5.74, 6) is 0.878. The summed E-state index contributed by atoms with van der Waals surface area (Å²) in [5, 5.41) is 3.38. The number of aromatic nitrogens is 1. The van der Waals surface area contributed by atoms with E-state index in [1.807, 2.05) is 29.9 Å². The fraction of sp³-hybridized carbons (Fsp3) is 0.250. The van der Waals surface area contributed by atoms with Crippen LogP contribution in [0.15, 0.2) is 34.4 Å². The van der Waals surface area contributed by atoms with E-state index >= 15 is 0 Å². The summed E-state index contributed by atoms with van der Waals surface area (Å²) < 4.78 is 6.30. The lowest BCUT2D eigenvalue weighted by molar-refractivity contribution is 0.414. The molecule has 1 aromatic heterocycles. The second kappa shape index (κ2) is 6.14. The summed E-state index contributed by atoms with van der Waals surface area (Å²) >= 11 is 5.19. The first kappa shape index (κ1) is 12.5. The van der Waals surface area contributed by atoms with Gasteiger partial charge < -0.3 is 10.1 Å². The van der Waals surface area contributed by atoms with Gasteiger partial charge in [0.15, 0.2) is 0 Å². The van der Waals surface area contributed by atoms with Gasteiger partial charge in [0.05, 0.1) is 12.6 Å². The maximum atomic E-state index is 5.21. The average molecular weight is 313 g/mol. The predicted molar refractivity (Wildman–Crippen MR) is 73.4 cm³/mol. The molecule has 0 saturated heterocycles. The highest BCUT2D eigenvalue weighted by Crippen LogP contribution is 2.22. The van der Waals surface area contributed by atoms with Crippen molar-refractivity contribution in [3.8, 4) is 5.75 Å². The molecule has 5 heteroatoms. The molecule has 3 nitrogen and oxygen atoms in total. The zero-order valence-corrected chi connectivity index (χ0v) is 11.8. The van der Waals surface area contributed by atoms with E-state index < -0.39 is 0 Å². The van der Waals surface area contributed by atoms with Crippen molar-refractivity contribution < 1.29 is 4.74 Å². The van der Waals surface area contributed by atoms with Crippen LogP contribution in [0.4, 0.5) is 0 Å². The smallest absolute Gasteiger partial charge is 0.119 e. The van der Waals surface area contributed by atoms with Crippen LogP contribution in [0, 0.1) is 0 Å². The van der Waals surface area contributed by atoms with Gasteiger partial charge in [-0.1, -0.05) is 15.9 Å². The number of nitrogens with one attached hydrogen (secondary N) is 1. The van der Waals surface area contributed by atoms with Crippen molar-refractivity contribution in [2.24, 2.45) is 0 Å². The number of ether oxygens (including phenoxy) is 1. The minimum atomic E-state index is 0.801. The van der Waals surface area contributed by atoms with Crippen LogP contribution < -0.4 is 10.1 Å². The second-order valence-corrected chi connectivity index (χ2v) is 5.35. The topological polar surface area (TPSA) is 34.1 Å². The Morgan fingerprint density at radius 2 is 2.29 bits per heavy atom. The van der Waals surface area contributed by atoms with Crippen molar-refractivity contribution >= 4 is 27.3 Å². The molecule has 0 aliphatic heterocycles. The number of hydrogen-bond donors (Lipinski definition) is 1. The molecule has 0 saturated carbocycles. The summed E-state index contributed by atoms with van der Waals surface area (Å²) in [6.45, 7) is 1.64.